The number of hydrogen-bond donors (Lipinski definition) is 2. The van der Waals surface area contributed by atoms with Crippen molar-refractivity contribution in [2.24, 2.45) is 0 Å². The van der Waals surface area contributed by atoms with Gasteiger partial charge in [0.05, 0.1) is 28.6 Å². The predicted molar refractivity (Wildman–Crippen MR) is 151 cm³/mol. The minimum Gasteiger partial charge on any atom is -0.352 e. The molecule has 0 saturated carbocycles. The van der Waals surface area contributed by atoms with Crippen LogP contribution in [0.3, 0.4) is 0 Å². The zero-order valence-corrected chi connectivity index (χ0v) is 21.7. The fourth-order valence-corrected chi connectivity index (χ4v) is 5.64. The molecular weight excluding hydrogens is 489 g/mol. The first-order chi connectivity index (χ1) is 19.1. The highest BCUT2D eigenvalue weighted by atomic mass is 19.1. The van der Waals surface area contributed by atoms with Gasteiger partial charge in [-0.1, -0.05) is 12.5 Å². The Labute approximate surface area is 225 Å². The van der Waals surface area contributed by atoms with Crippen molar-refractivity contribution in [2.75, 3.05) is 13.1 Å². The van der Waals surface area contributed by atoms with Crippen molar-refractivity contribution in [2.45, 2.75) is 32.7 Å². The van der Waals surface area contributed by atoms with E-state index >= 15 is 0 Å². The maximum absolute atomic E-state index is 14.2. The van der Waals surface area contributed by atoms with E-state index in [1.54, 1.807) is 18.5 Å². The summed E-state index contributed by atoms with van der Waals surface area (Å²) in [5, 5.41) is 8.67. The van der Waals surface area contributed by atoms with Gasteiger partial charge in [0.1, 0.15) is 17.0 Å². The molecule has 1 aliphatic rings. The van der Waals surface area contributed by atoms with Crippen LogP contribution in [0.2, 0.25) is 0 Å². The zero-order valence-electron chi connectivity index (χ0n) is 21.7. The molecule has 0 aliphatic carbocycles. The van der Waals surface area contributed by atoms with Crippen molar-refractivity contribution < 1.29 is 4.39 Å². The van der Waals surface area contributed by atoms with Crippen molar-refractivity contribution in [3.63, 3.8) is 0 Å². The summed E-state index contributed by atoms with van der Waals surface area (Å²) in [5.74, 6) is -0.262. The van der Waals surface area contributed by atoms with E-state index in [0.29, 0.717) is 0 Å². The molecule has 2 N–H and O–H groups in total. The van der Waals surface area contributed by atoms with Gasteiger partial charge >= 0.3 is 0 Å². The monoisotopic (exact) mass is 517 g/mol. The second kappa shape index (κ2) is 9.71. The molecule has 1 aromatic carbocycles. The number of likely N-dealkylation sites (tertiary alicyclic amines) is 1. The van der Waals surface area contributed by atoms with Crippen LogP contribution < -0.4 is 0 Å². The highest BCUT2D eigenvalue weighted by Gasteiger charge is 2.17. The van der Waals surface area contributed by atoms with E-state index in [1.807, 2.05) is 43.6 Å². The number of aryl methyl sites for hydroxylation is 1. The van der Waals surface area contributed by atoms with Gasteiger partial charge in [0.25, 0.3) is 0 Å². The molecule has 0 spiro atoms. The number of aromatic amines is 2. The topological polar surface area (TPSA) is 86.4 Å². The maximum Gasteiger partial charge on any atom is 0.135 e. The molecule has 0 atom stereocenters. The number of halogens is 1. The minimum absolute atomic E-state index is 0.262. The largest absolute Gasteiger partial charge is 0.352 e. The number of nitrogens with one attached hydrogen (secondary N) is 2. The smallest absolute Gasteiger partial charge is 0.135 e. The van der Waals surface area contributed by atoms with Gasteiger partial charge in [-0.15, -0.1) is 0 Å². The number of rotatable bonds is 5. The standard InChI is InChI=1S/C31H28FN7/c1-19-9-21(12-23(32)10-19)25-16-34-17-29-24(25)13-28(35-29)31-30-27(37-38-31)6-5-26(36-30)22-11-20(14-33-15-22)18-39-7-3-2-4-8-39/h5-6,9-17,35H,2-4,7-8,18H2,1H3,(H,37,38). The number of H-pyrrole nitrogens is 2. The lowest BCUT2D eigenvalue weighted by Crippen LogP contribution is -2.29. The molecule has 6 aromatic rings. The number of piperidine rings is 1. The van der Waals surface area contributed by atoms with Gasteiger partial charge in [0.2, 0.25) is 0 Å². The van der Waals surface area contributed by atoms with Crippen LogP contribution in [0.5, 0.6) is 0 Å². The Morgan fingerprint density at radius 2 is 1.74 bits per heavy atom. The molecule has 39 heavy (non-hydrogen) atoms. The molecule has 0 amide bonds. The van der Waals surface area contributed by atoms with Gasteiger partial charge in [-0.05, 0) is 85.9 Å². The summed E-state index contributed by atoms with van der Waals surface area (Å²) in [6.45, 7) is 5.09. The van der Waals surface area contributed by atoms with E-state index in [2.05, 4.69) is 36.1 Å². The maximum atomic E-state index is 14.2. The lowest BCUT2D eigenvalue weighted by atomic mass is 10.0. The first kappa shape index (κ1) is 23.7. The number of pyridine rings is 3. The van der Waals surface area contributed by atoms with Crippen LogP contribution in [0, 0.1) is 12.7 Å². The van der Waals surface area contributed by atoms with Crippen LogP contribution in [0.1, 0.15) is 30.4 Å². The molecule has 194 valence electrons. The Morgan fingerprint density at radius 3 is 2.62 bits per heavy atom. The van der Waals surface area contributed by atoms with E-state index in [1.165, 1.54) is 30.9 Å². The Bertz CT molecular complexity index is 1790. The first-order valence-corrected chi connectivity index (χ1v) is 13.4. The molecule has 8 heteroatoms. The van der Waals surface area contributed by atoms with Crippen molar-refractivity contribution in [1.29, 1.82) is 0 Å². The van der Waals surface area contributed by atoms with Crippen molar-refractivity contribution in [1.82, 2.24) is 35.0 Å². The molecule has 5 aromatic heterocycles. The Balaban J connectivity index is 1.26. The molecule has 7 rings (SSSR count). The predicted octanol–water partition coefficient (Wildman–Crippen LogP) is 6.66. The number of hydrogen-bond acceptors (Lipinski definition) is 5. The van der Waals surface area contributed by atoms with Crippen LogP contribution in [-0.4, -0.2) is 48.1 Å². The molecule has 1 aliphatic heterocycles. The van der Waals surface area contributed by atoms with Crippen LogP contribution in [0.15, 0.2) is 67.3 Å². The fourth-order valence-electron chi connectivity index (χ4n) is 5.64. The number of fused-ring (bicyclic) bond motifs is 2. The van der Waals surface area contributed by atoms with E-state index in [-0.39, 0.29) is 5.82 Å². The summed E-state index contributed by atoms with van der Waals surface area (Å²) < 4.78 is 14.2. The first-order valence-electron chi connectivity index (χ1n) is 13.4. The summed E-state index contributed by atoms with van der Waals surface area (Å²) in [5.41, 5.74) is 9.58. The number of benzene rings is 1. The van der Waals surface area contributed by atoms with E-state index < -0.39 is 0 Å². The van der Waals surface area contributed by atoms with Gasteiger partial charge in [-0.25, -0.2) is 9.37 Å². The normalized spacial score (nSPS) is 14.4. The fraction of sp³-hybridized carbons (Fsp3) is 0.226. The molecular formula is C31H28FN7. The Morgan fingerprint density at radius 1 is 0.872 bits per heavy atom. The molecule has 6 heterocycles. The van der Waals surface area contributed by atoms with E-state index in [9.17, 15) is 4.39 Å². The Hall–Kier alpha value is -4.43. The zero-order chi connectivity index (χ0) is 26.3. The summed E-state index contributed by atoms with van der Waals surface area (Å²) in [4.78, 5) is 19.9. The summed E-state index contributed by atoms with van der Waals surface area (Å²) >= 11 is 0. The van der Waals surface area contributed by atoms with Crippen LogP contribution in [-0.2, 0) is 6.54 Å². The van der Waals surface area contributed by atoms with Crippen molar-refractivity contribution in [3.8, 4) is 33.8 Å². The second-order valence-electron chi connectivity index (χ2n) is 10.4. The highest BCUT2D eigenvalue weighted by Crippen LogP contribution is 2.34. The second-order valence-corrected chi connectivity index (χ2v) is 10.4. The van der Waals surface area contributed by atoms with Gasteiger partial charge in [0.15, 0.2) is 0 Å². The van der Waals surface area contributed by atoms with Gasteiger partial charge in [-0.3, -0.25) is 20.0 Å². The van der Waals surface area contributed by atoms with Gasteiger partial charge < -0.3 is 4.98 Å². The van der Waals surface area contributed by atoms with Gasteiger partial charge in [0, 0.05) is 41.6 Å². The quantitative estimate of drug-likeness (QED) is 0.267. The molecule has 1 fully saturated rings. The van der Waals surface area contributed by atoms with Crippen molar-refractivity contribution >= 4 is 21.9 Å². The number of aromatic nitrogens is 6. The SMILES string of the molecule is Cc1cc(F)cc(-c2cncc3[nH]c(-c4n[nH]c5ccc(-c6cncc(CN7CCCCC7)c6)nc45)cc23)c1. The molecule has 1 saturated heterocycles. The lowest BCUT2D eigenvalue weighted by molar-refractivity contribution is 0.220. The summed E-state index contributed by atoms with van der Waals surface area (Å²) in [6.07, 6.45) is 11.2. The molecule has 0 unspecified atom stereocenters. The van der Waals surface area contributed by atoms with E-state index in [4.69, 9.17) is 4.98 Å². The van der Waals surface area contributed by atoms with Crippen LogP contribution >= 0.6 is 0 Å². The van der Waals surface area contributed by atoms with Crippen LogP contribution in [0.4, 0.5) is 4.39 Å². The summed E-state index contributed by atoms with van der Waals surface area (Å²) in [7, 11) is 0. The Kier molecular flexibility index (Phi) is 5.89. The highest BCUT2D eigenvalue weighted by molar-refractivity contribution is 6.00. The van der Waals surface area contributed by atoms with Crippen LogP contribution in [0.25, 0.3) is 55.7 Å². The third kappa shape index (κ3) is 4.57. The third-order valence-corrected chi connectivity index (χ3v) is 7.51. The van der Waals surface area contributed by atoms with E-state index in [0.717, 1.165) is 80.9 Å². The lowest BCUT2D eigenvalue weighted by Gasteiger charge is -2.26. The van der Waals surface area contributed by atoms with Gasteiger partial charge in [-0.2, -0.15) is 5.10 Å². The molecule has 0 bridgehead atoms. The molecule has 7 nitrogen and oxygen atoms in total. The van der Waals surface area contributed by atoms with Crippen molar-refractivity contribution in [3.05, 3.63) is 84.2 Å². The summed E-state index contributed by atoms with van der Waals surface area (Å²) in [6, 6.07) is 13.3. The third-order valence-electron chi connectivity index (χ3n) is 7.51. The number of nitrogens with zero attached hydrogens (tertiary/aromatic N) is 5. The molecule has 0 radical (unpaired) electrons. The average Bonchev–Trinajstić information content (AvgIpc) is 3.57. The minimum atomic E-state index is -0.262. The average molecular weight is 518 g/mol.